The van der Waals surface area contributed by atoms with Gasteiger partial charge in [-0.3, -0.25) is 4.79 Å². The summed E-state index contributed by atoms with van der Waals surface area (Å²) in [6.45, 7) is 10.2. The fraction of sp³-hybridized carbons (Fsp3) is 0.889. The van der Waals surface area contributed by atoms with Crippen molar-refractivity contribution in [1.29, 1.82) is 0 Å². The highest BCUT2D eigenvalue weighted by molar-refractivity contribution is 5.90. The summed E-state index contributed by atoms with van der Waals surface area (Å²) in [5, 5.41) is 11.5. The highest BCUT2D eigenvalue weighted by Crippen LogP contribution is 2.71. The van der Waals surface area contributed by atoms with Gasteiger partial charge in [-0.1, -0.05) is 39.8 Å². The minimum Gasteiger partial charge on any atom is -0.381 e. The number of fused-ring (bicyclic) bond motifs is 7. The molecule has 11 atom stereocenters. The van der Waals surface area contributed by atoms with E-state index in [1.807, 2.05) is 6.08 Å². The van der Waals surface area contributed by atoms with Crippen LogP contribution in [0.3, 0.4) is 0 Å². The van der Waals surface area contributed by atoms with Crippen LogP contribution in [0.4, 0.5) is 0 Å². The van der Waals surface area contributed by atoms with Gasteiger partial charge in [-0.25, -0.2) is 0 Å². The van der Waals surface area contributed by atoms with E-state index in [4.69, 9.17) is 9.47 Å². The van der Waals surface area contributed by atoms with E-state index in [9.17, 15) is 9.90 Å². The molecule has 2 heterocycles. The van der Waals surface area contributed by atoms with Gasteiger partial charge < -0.3 is 14.6 Å². The zero-order valence-electron chi connectivity index (χ0n) is 19.7. The van der Waals surface area contributed by atoms with Crippen molar-refractivity contribution in [1.82, 2.24) is 0 Å². The van der Waals surface area contributed by atoms with Crippen molar-refractivity contribution in [3.63, 3.8) is 0 Å². The Bertz CT molecular complexity index is 812. The summed E-state index contributed by atoms with van der Waals surface area (Å²) in [5.74, 6) is 2.58. The number of rotatable bonds is 0. The molecule has 31 heavy (non-hydrogen) atoms. The minimum atomic E-state index is -1.16. The molecule has 0 unspecified atom stereocenters. The highest BCUT2D eigenvalue weighted by Gasteiger charge is 2.71. The summed E-state index contributed by atoms with van der Waals surface area (Å²) in [6, 6.07) is 0. The maximum atomic E-state index is 13.4. The molecule has 5 fully saturated rings. The Balaban J connectivity index is 1.31. The van der Waals surface area contributed by atoms with Crippen molar-refractivity contribution in [2.45, 2.75) is 96.6 Å². The molecule has 1 spiro atoms. The van der Waals surface area contributed by atoms with Crippen LogP contribution in [0.5, 0.6) is 0 Å². The van der Waals surface area contributed by atoms with Gasteiger partial charge in [0.15, 0.2) is 11.6 Å². The first-order valence-electron chi connectivity index (χ1n) is 12.9. The average molecular weight is 429 g/mol. The molecule has 0 aromatic heterocycles. The lowest BCUT2D eigenvalue weighted by Crippen LogP contribution is -2.65. The Morgan fingerprint density at radius 3 is 2.58 bits per heavy atom. The Morgan fingerprint density at radius 2 is 1.84 bits per heavy atom. The zero-order valence-corrected chi connectivity index (χ0v) is 19.7. The van der Waals surface area contributed by atoms with Crippen LogP contribution in [0.15, 0.2) is 12.2 Å². The first-order chi connectivity index (χ1) is 14.6. The summed E-state index contributed by atoms with van der Waals surface area (Å²) in [7, 11) is 0. The Morgan fingerprint density at radius 1 is 1.06 bits per heavy atom. The van der Waals surface area contributed by atoms with Gasteiger partial charge in [0.25, 0.3) is 0 Å². The quantitative estimate of drug-likeness (QED) is 0.558. The van der Waals surface area contributed by atoms with Crippen molar-refractivity contribution in [2.24, 2.45) is 46.3 Å². The number of carbonyl (C=O) groups is 1. The predicted octanol–water partition coefficient (Wildman–Crippen LogP) is 4.89. The standard InChI is InChI=1S/C27H40O4/c1-16-7-12-27(30-15-16)17(2)23-21(31-27)14-20-18-13-22(28)26(29)10-6-5-9-25(26,4)19(18)8-11-24(20,23)3/h5-6,16-21,23,29H,7-15H2,1-4H3/t16-,17+,18-,19+,20+,21+,23+,24+,25-,26-,27-/m1/s1. The number of carbonyl (C=O) groups excluding carboxylic acids is 1. The number of ether oxygens (including phenoxy) is 2. The molecule has 2 saturated heterocycles. The van der Waals surface area contributed by atoms with Crippen molar-refractivity contribution in [3.05, 3.63) is 12.2 Å². The third kappa shape index (κ3) is 2.45. The highest BCUT2D eigenvalue weighted by atomic mass is 16.7. The summed E-state index contributed by atoms with van der Waals surface area (Å²) >= 11 is 0. The van der Waals surface area contributed by atoms with Crippen LogP contribution in [0.2, 0.25) is 0 Å². The molecule has 0 bridgehead atoms. The van der Waals surface area contributed by atoms with Gasteiger partial charge in [-0.2, -0.15) is 0 Å². The SMILES string of the molecule is C[C@@H]1CC[C@@]2(OC1)O[C@H]1C[C@H]3[C@@H]4CC(=O)[C@]5(O)CC=CC[C@]5(C)[C@H]4CC[C@]3(C)[C@H]1[C@@H]2C. The summed E-state index contributed by atoms with van der Waals surface area (Å²) in [4.78, 5) is 13.4. The van der Waals surface area contributed by atoms with Crippen molar-refractivity contribution >= 4 is 5.78 Å². The van der Waals surface area contributed by atoms with Crippen molar-refractivity contribution < 1.29 is 19.4 Å². The molecule has 0 amide bonds. The molecule has 3 saturated carbocycles. The van der Waals surface area contributed by atoms with E-state index in [0.29, 0.717) is 48.3 Å². The van der Waals surface area contributed by atoms with Crippen LogP contribution in [0, 0.1) is 46.3 Å². The lowest BCUT2D eigenvalue weighted by atomic mass is 9.43. The molecule has 6 aliphatic rings. The van der Waals surface area contributed by atoms with E-state index >= 15 is 0 Å². The zero-order chi connectivity index (χ0) is 21.8. The monoisotopic (exact) mass is 428 g/mol. The Labute approximate surface area is 187 Å². The molecule has 6 rings (SSSR count). The van der Waals surface area contributed by atoms with E-state index < -0.39 is 5.60 Å². The minimum absolute atomic E-state index is 0.0944. The van der Waals surface area contributed by atoms with Crippen molar-refractivity contribution in [3.8, 4) is 0 Å². The van der Waals surface area contributed by atoms with E-state index in [2.05, 4.69) is 33.8 Å². The number of hydrogen-bond donors (Lipinski definition) is 1. The second-order valence-electron chi connectivity index (χ2n) is 12.7. The number of ketones is 1. The van der Waals surface area contributed by atoms with Gasteiger partial charge in [0.05, 0.1) is 12.7 Å². The van der Waals surface area contributed by atoms with E-state index in [1.54, 1.807) is 0 Å². The Kier molecular flexibility index (Phi) is 4.34. The lowest BCUT2D eigenvalue weighted by Gasteiger charge is -2.61. The third-order valence-electron chi connectivity index (χ3n) is 11.5. The summed E-state index contributed by atoms with van der Waals surface area (Å²) < 4.78 is 13.2. The molecule has 0 radical (unpaired) electrons. The van der Waals surface area contributed by atoms with Crippen LogP contribution >= 0.6 is 0 Å². The fourth-order valence-corrected chi connectivity index (χ4v) is 9.64. The van der Waals surface area contributed by atoms with Crippen LogP contribution in [-0.2, 0) is 14.3 Å². The first kappa shape index (κ1) is 20.9. The summed E-state index contributed by atoms with van der Waals surface area (Å²) in [5.41, 5.74) is -1.28. The van der Waals surface area contributed by atoms with Gasteiger partial charge in [0, 0.05) is 30.6 Å². The fourth-order valence-electron chi connectivity index (χ4n) is 9.64. The largest absolute Gasteiger partial charge is 0.381 e. The molecule has 2 aliphatic heterocycles. The Hall–Kier alpha value is -0.710. The molecular formula is C27H40O4. The van der Waals surface area contributed by atoms with Gasteiger partial charge in [-0.15, -0.1) is 0 Å². The molecular weight excluding hydrogens is 388 g/mol. The number of aliphatic hydroxyl groups is 1. The van der Waals surface area contributed by atoms with Gasteiger partial charge in [0.2, 0.25) is 0 Å². The second kappa shape index (κ2) is 6.45. The van der Waals surface area contributed by atoms with Gasteiger partial charge >= 0.3 is 0 Å². The predicted molar refractivity (Wildman–Crippen MR) is 118 cm³/mol. The van der Waals surface area contributed by atoms with Gasteiger partial charge in [-0.05, 0) is 67.1 Å². The van der Waals surface area contributed by atoms with Crippen LogP contribution < -0.4 is 0 Å². The molecule has 4 aliphatic carbocycles. The maximum Gasteiger partial charge on any atom is 0.171 e. The second-order valence-corrected chi connectivity index (χ2v) is 12.7. The molecule has 0 aromatic carbocycles. The topological polar surface area (TPSA) is 55.8 Å². The van der Waals surface area contributed by atoms with Crippen LogP contribution in [0.1, 0.15) is 79.1 Å². The van der Waals surface area contributed by atoms with Crippen LogP contribution in [0.25, 0.3) is 0 Å². The van der Waals surface area contributed by atoms with E-state index in [0.717, 1.165) is 32.3 Å². The molecule has 0 aromatic rings. The number of allylic oxidation sites excluding steroid dienone is 1. The average Bonchev–Trinajstić information content (AvgIpc) is 3.17. The molecule has 4 nitrogen and oxygen atoms in total. The summed E-state index contributed by atoms with van der Waals surface area (Å²) in [6.07, 6.45) is 11.9. The van der Waals surface area contributed by atoms with Crippen molar-refractivity contribution in [2.75, 3.05) is 6.61 Å². The third-order valence-corrected chi connectivity index (χ3v) is 11.5. The van der Waals surface area contributed by atoms with Crippen LogP contribution in [-0.4, -0.2) is 35.0 Å². The maximum absolute atomic E-state index is 13.4. The smallest absolute Gasteiger partial charge is 0.171 e. The first-order valence-corrected chi connectivity index (χ1v) is 12.9. The number of hydrogen-bond acceptors (Lipinski definition) is 4. The molecule has 1 N–H and O–H groups in total. The normalized spacial score (nSPS) is 60.4. The molecule has 4 heteroatoms. The van der Waals surface area contributed by atoms with E-state index in [1.165, 1.54) is 12.8 Å². The lowest BCUT2D eigenvalue weighted by molar-refractivity contribution is -0.273. The van der Waals surface area contributed by atoms with Gasteiger partial charge in [0.1, 0.15) is 5.60 Å². The molecule has 172 valence electrons. The van der Waals surface area contributed by atoms with E-state index in [-0.39, 0.29) is 28.5 Å². The number of Topliss-reactive ketones (excluding diaryl/α,β-unsaturated/α-hetero) is 1.